The van der Waals surface area contributed by atoms with Gasteiger partial charge in [0.25, 0.3) is 0 Å². The van der Waals surface area contributed by atoms with E-state index in [1.807, 2.05) is 13.8 Å². The Morgan fingerprint density at radius 3 is 2.39 bits per heavy atom. The predicted molar refractivity (Wildman–Crippen MR) is 66.9 cm³/mol. The van der Waals surface area contributed by atoms with Crippen LogP contribution in [0.25, 0.3) is 0 Å². The van der Waals surface area contributed by atoms with Crippen LogP contribution in [0.2, 0.25) is 0 Å². The van der Waals surface area contributed by atoms with Gasteiger partial charge in [0.15, 0.2) is 0 Å². The molecule has 1 aliphatic heterocycles. The van der Waals surface area contributed by atoms with E-state index in [0.717, 1.165) is 4.90 Å². The van der Waals surface area contributed by atoms with Crippen molar-refractivity contribution < 1.29 is 19.4 Å². The first-order chi connectivity index (χ1) is 7.96. The largest absolute Gasteiger partial charge is 0.443 e. The summed E-state index contributed by atoms with van der Waals surface area (Å²) in [6.07, 6.45) is -1.39. The standard InChI is InChI=1S/C13H23NO4/c1-8-9(15)13(5,6)7-14(10(8)16)11(17)18-12(2,3)4/h8-9,15H,7H2,1-6H3/t8-,9+/m1/s1. The summed E-state index contributed by atoms with van der Waals surface area (Å²) in [4.78, 5) is 25.1. The highest BCUT2D eigenvalue weighted by Gasteiger charge is 2.47. The lowest BCUT2D eigenvalue weighted by Crippen LogP contribution is -2.58. The highest BCUT2D eigenvalue weighted by atomic mass is 16.6. The number of nitrogens with zero attached hydrogens (tertiary/aromatic N) is 1. The Hall–Kier alpha value is -1.10. The van der Waals surface area contributed by atoms with Crippen molar-refractivity contribution in [3.63, 3.8) is 0 Å². The molecular weight excluding hydrogens is 234 g/mol. The summed E-state index contributed by atoms with van der Waals surface area (Å²) in [6, 6.07) is 0. The molecule has 5 heteroatoms. The lowest BCUT2D eigenvalue weighted by molar-refractivity contribution is -0.152. The van der Waals surface area contributed by atoms with Crippen LogP contribution in [0.1, 0.15) is 41.5 Å². The second-order valence-electron chi connectivity index (χ2n) is 6.63. The minimum Gasteiger partial charge on any atom is -0.443 e. The van der Waals surface area contributed by atoms with Crippen LogP contribution in [0.5, 0.6) is 0 Å². The molecule has 1 saturated heterocycles. The van der Waals surface area contributed by atoms with Gasteiger partial charge in [-0.1, -0.05) is 20.8 Å². The quantitative estimate of drug-likeness (QED) is 0.718. The molecule has 1 rings (SSSR count). The van der Waals surface area contributed by atoms with Crippen LogP contribution in [0.3, 0.4) is 0 Å². The summed E-state index contributed by atoms with van der Waals surface area (Å²) in [5, 5.41) is 10.0. The number of ether oxygens (including phenoxy) is 1. The average Bonchev–Trinajstić information content (AvgIpc) is 2.18. The molecule has 104 valence electrons. The van der Waals surface area contributed by atoms with E-state index in [9.17, 15) is 14.7 Å². The molecule has 1 aliphatic rings. The molecule has 0 unspecified atom stereocenters. The van der Waals surface area contributed by atoms with E-state index < -0.39 is 29.1 Å². The van der Waals surface area contributed by atoms with Crippen LogP contribution in [0, 0.1) is 11.3 Å². The fraction of sp³-hybridized carbons (Fsp3) is 0.846. The first-order valence-corrected chi connectivity index (χ1v) is 6.18. The Morgan fingerprint density at radius 2 is 1.94 bits per heavy atom. The van der Waals surface area contributed by atoms with Crippen LogP contribution in [-0.4, -0.2) is 40.3 Å². The Bertz CT molecular complexity index is 356. The monoisotopic (exact) mass is 257 g/mol. The Kier molecular flexibility index (Phi) is 3.77. The molecule has 18 heavy (non-hydrogen) atoms. The second kappa shape index (κ2) is 4.53. The topological polar surface area (TPSA) is 66.8 Å². The third-order valence-corrected chi connectivity index (χ3v) is 3.11. The van der Waals surface area contributed by atoms with Crippen LogP contribution < -0.4 is 0 Å². The van der Waals surface area contributed by atoms with Crippen molar-refractivity contribution in [2.24, 2.45) is 11.3 Å². The van der Waals surface area contributed by atoms with Crippen LogP contribution in [0.15, 0.2) is 0 Å². The molecule has 1 heterocycles. The van der Waals surface area contributed by atoms with E-state index in [1.54, 1.807) is 27.7 Å². The number of imide groups is 1. The SMILES string of the molecule is C[C@H]1C(=O)N(C(=O)OC(C)(C)C)CC(C)(C)[C@H]1O. The number of likely N-dealkylation sites (tertiary alicyclic amines) is 1. The van der Waals surface area contributed by atoms with Gasteiger partial charge < -0.3 is 9.84 Å². The molecule has 0 bridgehead atoms. The first kappa shape index (κ1) is 15.0. The number of aliphatic hydroxyl groups excluding tert-OH is 1. The minimum atomic E-state index is -0.747. The summed E-state index contributed by atoms with van der Waals surface area (Å²) in [7, 11) is 0. The van der Waals surface area contributed by atoms with E-state index in [-0.39, 0.29) is 12.5 Å². The van der Waals surface area contributed by atoms with Crippen LogP contribution in [0.4, 0.5) is 4.79 Å². The van der Waals surface area contributed by atoms with Crippen molar-refractivity contribution in [2.45, 2.75) is 53.2 Å². The lowest BCUT2D eigenvalue weighted by Gasteiger charge is -2.43. The zero-order valence-electron chi connectivity index (χ0n) is 12.0. The summed E-state index contributed by atoms with van der Waals surface area (Å²) < 4.78 is 5.21. The van der Waals surface area contributed by atoms with Gasteiger partial charge in [-0.15, -0.1) is 0 Å². The second-order valence-corrected chi connectivity index (χ2v) is 6.63. The van der Waals surface area contributed by atoms with Gasteiger partial charge in [0.1, 0.15) is 5.60 Å². The molecule has 1 fully saturated rings. The lowest BCUT2D eigenvalue weighted by atomic mass is 9.76. The molecule has 2 amide bonds. The van der Waals surface area contributed by atoms with Gasteiger partial charge in [0, 0.05) is 12.0 Å². The molecule has 0 aromatic carbocycles. The maximum absolute atomic E-state index is 12.0. The van der Waals surface area contributed by atoms with Gasteiger partial charge >= 0.3 is 6.09 Å². The zero-order valence-corrected chi connectivity index (χ0v) is 12.0. The highest BCUT2D eigenvalue weighted by Crippen LogP contribution is 2.34. The molecule has 0 spiro atoms. The third kappa shape index (κ3) is 3.02. The van der Waals surface area contributed by atoms with Gasteiger partial charge in [-0.05, 0) is 20.8 Å². The van der Waals surface area contributed by atoms with Crippen molar-refractivity contribution in [2.75, 3.05) is 6.54 Å². The maximum Gasteiger partial charge on any atom is 0.417 e. The highest BCUT2D eigenvalue weighted by molar-refractivity contribution is 5.94. The van der Waals surface area contributed by atoms with Crippen molar-refractivity contribution >= 4 is 12.0 Å². The molecule has 2 atom stereocenters. The van der Waals surface area contributed by atoms with E-state index in [4.69, 9.17) is 4.74 Å². The maximum atomic E-state index is 12.0. The molecule has 5 nitrogen and oxygen atoms in total. The fourth-order valence-corrected chi connectivity index (χ4v) is 2.11. The predicted octanol–water partition coefficient (Wildman–Crippen LogP) is 1.79. The van der Waals surface area contributed by atoms with Crippen LogP contribution >= 0.6 is 0 Å². The van der Waals surface area contributed by atoms with E-state index >= 15 is 0 Å². The summed E-state index contributed by atoms with van der Waals surface area (Å²) >= 11 is 0. The van der Waals surface area contributed by atoms with E-state index in [0.29, 0.717) is 0 Å². The number of rotatable bonds is 0. The summed E-state index contributed by atoms with van der Waals surface area (Å²) in [5.74, 6) is -0.975. The van der Waals surface area contributed by atoms with Crippen molar-refractivity contribution in [1.82, 2.24) is 4.90 Å². The fourth-order valence-electron chi connectivity index (χ4n) is 2.11. The summed E-state index contributed by atoms with van der Waals surface area (Å²) in [5.41, 5.74) is -1.16. The normalized spacial score (nSPS) is 28.2. The van der Waals surface area contributed by atoms with Crippen molar-refractivity contribution in [3.8, 4) is 0 Å². The molecule has 0 aromatic rings. The zero-order chi connectivity index (χ0) is 14.3. The Morgan fingerprint density at radius 1 is 1.44 bits per heavy atom. The molecule has 1 N–H and O–H groups in total. The third-order valence-electron chi connectivity index (χ3n) is 3.11. The smallest absolute Gasteiger partial charge is 0.417 e. The molecule has 0 aromatic heterocycles. The van der Waals surface area contributed by atoms with Gasteiger partial charge in [0.05, 0.1) is 12.0 Å². The van der Waals surface area contributed by atoms with Gasteiger partial charge in [-0.3, -0.25) is 4.79 Å². The van der Waals surface area contributed by atoms with E-state index in [1.165, 1.54) is 0 Å². The number of hydrogen-bond acceptors (Lipinski definition) is 4. The van der Waals surface area contributed by atoms with Crippen molar-refractivity contribution in [3.05, 3.63) is 0 Å². The minimum absolute atomic E-state index is 0.173. The number of carbonyl (C=O) groups is 2. The molecule has 0 radical (unpaired) electrons. The number of hydrogen-bond donors (Lipinski definition) is 1. The number of aliphatic hydroxyl groups is 1. The Balaban J connectivity index is 2.90. The van der Waals surface area contributed by atoms with Gasteiger partial charge in [-0.2, -0.15) is 0 Å². The average molecular weight is 257 g/mol. The number of amides is 2. The van der Waals surface area contributed by atoms with E-state index in [2.05, 4.69) is 0 Å². The van der Waals surface area contributed by atoms with Crippen molar-refractivity contribution in [1.29, 1.82) is 0 Å². The molecular formula is C13H23NO4. The van der Waals surface area contributed by atoms with Crippen LogP contribution in [-0.2, 0) is 9.53 Å². The number of piperidine rings is 1. The molecule has 0 aliphatic carbocycles. The Labute approximate surface area is 108 Å². The number of carbonyl (C=O) groups excluding carboxylic acids is 2. The first-order valence-electron chi connectivity index (χ1n) is 6.18. The molecule has 0 saturated carbocycles. The van der Waals surface area contributed by atoms with Gasteiger partial charge in [0.2, 0.25) is 5.91 Å². The van der Waals surface area contributed by atoms with Gasteiger partial charge in [-0.25, -0.2) is 9.69 Å². The summed E-state index contributed by atoms with van der Waals surface area (Å²) in [6.45, 7) is 10.7.